The fourth-order valence-electron chi connectivity index (χ4n) is 3.03. The molecule has 1 heterocycles. The molecular formula is C19H28ClN3O5. The van der Waals surface area contributed by atoms with Crippen molar-refractivity contribution >= 4 is 35.9 Å². The molecule has 8 nitrogen and oxygen atoms in total. The van der Waals surface area contributed by atoms with Gasteiger partial charge in [0.2, 0.25) is 5.91 Å². The summed E-state index contributed by atoms with van der Waals surface area (Å²) in [4.78, 5) is 38.4. The average molecular weight is 414 g/mol. The highest BCUT2D eigenvalue weighted by atomic mass is 35.5. The van der Waals surface area contributed by atoms with Crippen molar-refractivity contribution in [1.82, 2.24) is 10.2 Å². The largest absolute Gasteiger partial charge is 0.467 e. The number of carbonyl (C=O) groups is 3. The Hall–Kier alpha value is -2.16. The maximum Gasteiger partial charge on any atom is 0.328 e. The first-order valence-corrected chi connectivity index (χ1v) is 9.05. The van der Waals surface area contributed by atoms with Gasteiger partial charge in [0.15, 0.2) is 0 Å². The van der Waals surface area contributed by atoms with Crippen LogP contribution in [0, 0.1) is 0 Å². The standard InChI is InChI=1S/C19H27N3O5.ClH/c1-26-11-9-20-13-17(23)21-15-7-5-6-14(12-15)18(24)22-10-4-3-8-16(22)19(25)27-2;/h5-7,12,16,20H,3-4,8-11,13H2,1-2H3,(H,21,23);1H. The Bertz CT molecular complexity index is 671. The summed E-state index contributed by atoms with van der Waals surface area (Å²) in [6.45, 7) is 1.76. The van der Waals surface area contributed by atoms with E-state index in [1.165, 1.54) is 7.11 Å². The molecule has 2 rings (SSSR count). The number of rotatable bonds is 8. The number of benzene rings is 1. The minimum atomic E-state index is -0.556. The molecule has 1 unspecified atom stereocenters. The van der Waals surface area contributed by atoms with Gasteiger partial charge in [0, 0.05) is 31.5 Å². The lowest BCUT2D eigenvalue weighted by atomic mass is 10.0. The lowest BCUT2D eigenvalue weighted by Gasteiger charge is -2.33. The molecule has 1 aliphatic rings. The number of nitrogens with zero attached hydrogens (tertiary/aromatic N) is 1. The predicted molar refractivity (Wildman–Crippen MR) is 108 cm³/mol. The maximum absolute atomic E-state index is 12.9. The van der Waals surface area contributed by atoms with Crippen molar-refractivity contribution in [3.63, 3.8) is 0 Å². The van der Waals surface area contributed by atoms with Crippen molar-refractivity contribution in [1.29, 1.82) is 0 Å². The van der Waals surface area contributed by atoms with E-state index >= 15 is 0 Å². The molecule has 156 valence electrons. The van der Waals surface area contributed by atoms with Gasteiger partial charge in [-0.15, -0.1) is 12.4 Å². The lowest BCUT2D eigenvalue weighted by molar-refractivity contribution is -0.147. The highest BCUT2D eigenvalue weighted by Crippen LogP contribution is 2.22. The number of likely N-dealkylation sites (tertiary alicyclic amines) is 1. The molecule has 2 amide bonds. The minimum absolute atomic E-state index is 0. The van der Waals surface area contributed by atoms with Crippen LogP contribution in [0.25, 0.3) is 0 Å². The number of hydrogen-bond donors (Lipinski definition) is 2. The van der Waals surface area contributed by atoms with E-state index in [2.05, 4.69) is 10.6 Å². The highest BCUT2D eigenvalue weighted by molar-refractivity contribution is 5.99. The predicted octanol–water partition coefficient (Wildman–Crippen LogP) is 1.45. The van der Waals surface area contributed by atoms with Crippen LogP contribution >= 0.6 is 12.4 Å². The monoisotopic (exact) mass is 413 g/mol. The van der Waals surface area contributed by atoms with Gasteiger partial charge in [-0.05, 0) is 37.5 Å². The normalized spacial score (nSPS) is 16.1. The number of nitrogens with one attached hydrogen (secondary N) is 2. The van der Waals surface area contributed by atoms with Crippen LogP contribution in [0.3, 0.4) is 0 Å². The van der Waals surface area contributed by atoms with Gasteiger partial charge >= 0.3 is 5.97 Å². The van der Waals surface area contributed by atoms with Crippen LogP contribution in [0.2, 0.25) is 0 Å². The summed E-state index contributed by atoms with van der Waals surface area (Å²) >= 11 is 0. The van der Waals surface area contributed by atoms with Crippen molar-refractivity contribution in [2.75, 3.05) is 45.8 Å². The molecule has 1 aliphatic heterocycles. The zero-order valence-electron chi connectivity index (χ0n) is 16.2. The van der Waals surface area contributed by atoms with Crippen LogP contribution in [0.1, 0.15) is 29.6 Å². The number of piperidine rings is 1. The molecule has 28 heavy (non-hydrogen) atoms. The number of amides is 2. The van der Waals surface area contributed by atoms with Crippen molar-refractivity contribution in [3.8, 4) is 0 Å². The number of methoxy groups -OCH3 is 2. The summed E-state index contributed by atoms with van der Waals surface area (Å²) < 4.78 is 9.74. The summed E-state index contributed by atoms with van der Waals surface area (Å²) in [5.41, 5.74) is 0.960. The van der Waals surface area contributed by atoms with Crippen LogP contribution in [0.5, 0.6) is 0 Å². The number of ether oxygens (including phenoxy) is 2. The van der Waals surface area contributed by atoms with Gasteiger partial charge in [-0.2, -0.15) is 0 Å². The number of halogens is 1. The topological polar surface area (TPSA) is 97.0 Å². The summed E-state index contributed by atoms with van der Waals surface area (Å²) in [6, 6.07) is 6.17. The molecular weight excluding hydrogens is 386 g/mol. The Morgan fingerprint density at radius 2 is 2.00 bits per heavy atom. The number of hydrogen-bond acceptors (Lipinski definition) is 6. The summed E-state index contributed by atoms with van der Waals surface area (Å²) in [5, 5.41) is 5.71. The van der Waals surface area contributed by atoms with Crippen LogP contribution in [0.15, 0.2) is 24.3 Å². The first-order valence-electron chi connectivity index (χ1n) is 9.05. The number of carbonyl (C=O) groups excluding carboxylic acids is 3. The van der Waals surface area contributed by atoms with Gasteiger partial charge in [-0.3, -0.25) is 9.59 Å². The van der Waals surface area contributed by atoms with Crippen LogP contribution in [-0.2, 0) is 19.1 Å². The molecule has 9 heteroatoms. The first kappa shape index (κ1) is 23.9. The van der Waals surface area contributed by atoms with Gasteiger partial charge < -0.3 is 25.0 Å². The molecule has 2 N–H and O–H groups in total. The van der Waals surface area contributed by atoms with Crippen molar-refractivity contribution < 1.29 is 23.9 Å². The Balaban J connectivity index is 0.00000392. The highest BCUT2D eigenvalue weighted by Gasteiger charge is 2.33. The fraction of sp³-hybridized carbons (Fsp3) is 0.526. The second-order valence-corrected chi connectivity index (χ2v) is 6.33. The van der Waals surface area contributed by atoms with E-state index in [0.29, 0.717) is 37.4 Å². The average Bonchev–Trinajstić information content (AvgIpc) is 2.70. The van der Waals surface area contributed by atoms with E-state index < -0.39 is 12.0 Å². The quantitative estimate of drug-likeness (QED) is 0.494. The van der Waals surface area contributed by atoms with Crippen LogP contribution in [-0.4, -0.2) is 69.2 Å². The van der Waals surface area contributed by atoms with Gasteiger partial charge in [-0.25, -0.2) is 4.79 Å². The summed E-state index contributed by atoms with van der Waals surface area (Å²) in [5.74, 6) is -0.838. The third kappa shape index (κ3) is 6.78. The van der Waals surface area contributed by atoms with E-state index in [1.54, 1.807) is 36.3 Å². The van der Waals surface area contributed by atoms with E-state index in [9.17, 15) is 14.4 Å². The first-order chi connectivity index (χ1) is 13.1. The van der Waals surface area contributed by atoms with E-state index in [-0.39, 0.29) is 30.8 Å². The molecule has 0 aromatic heterocycles. The van der Waals surface area contributed by atoms with Gasteiger partial charge in [0.1, 0.15) is 6.04 Å². The molecule has 1 saturated heterocycles. The molecule has 0 bridgehead atoms. The SMILES string of the molecule is COCCNCC(=O)Nc1cccc(C(=O)N2CCCCC2C(=O)OC)c1.Cl. The zero-order valence-corrected chi connectivity index (χ0v) is 17.0. The number of anilines is 1. The summed E-state index contributed by atoms with van der Waals surface area (Å²) in [7, 11) is 2.92. The molecule has 0 saturated carbocycles. The van der Waals surface area contributed by atoms with Crippen molar-refractivity contribution in [2.45, 2.75) is 25.3 Å². The van der Waals surface area contributed by atoms with E-state index in [4.69, 9.17) is 9.47 Å². The van der Waals surface area contributed by atoms with Crippen LogP contribution in [0.4, 0.5) is 5.69 Å². The van der Waals surface area contributed by atoms with Gasteiger partial charge in [0.05, 0.1) is 20.3 Å². The minimum Gasteiger partial charge on any atom is -0.467 e. The second kappa shape index (κ2) is 12.3. The number of esters is 1. The molecule has 1 atom stereocenters. The van der Waals surface area contributed by atoms with Gasteiger partial charge in [-0.1, -0.05) is 6.07 Å². The molecule has 0 aliphatic carbocycles. The summed E-state index contributed by atoms with van der Waals surface area (Å²) in [6.07, 6.45) is 2.33. The van der Waals surface area contributed by atoms with E-state index in [0.717, 1.165) is 12.8 Å². The smallest absolute Gasteiger partial charge is 0.328 e. The van der Waals surface area contributed by atoms with Gasteiger partial charge in [0.25, 0.3) is 5.91 Å². The lowest BCUT2D eigenvalue weighted by Crippen LogP contribution is -2.48. The second-order valence-electron chi connectivity index (χ2n) is 6.33. The Labute approximate surface area is 171 Å². The molecule has 0 spiro atoms. The Morgan fingerprint density at radius 3 is 2.71 bits per heavy atom. The molecule has 0 radical (unpaired) electrons. The third-order valence-electron chi connectivity index (χ3n) is 4.40. The van der Waals surface area contributed by atoms with E-state index in [1.807, 2.05) is 0 Å². The fourth-order valence-corrected chi connectivity index (χ4v) is 3.03. The van der Waals surface area contributed by atoms with Crippen molar-refractivity contribution in [3.05, 3.63) is 29.8 Å². The molecule has 1 aromatic carbocycles. The van der Waals surface area contributed by atoms with Crippen molar-refractivity contribution in [2.24, 2.45) is 0 Å². The molecule has 1 fully saturated rings. The molecule has 1 aromatic rings. The Kier molecular flexibility index (Phi) is 10.5. The van der Waals surface area contributed by atoms with Crippen LogP contribution < -0.4 is 10.6 Å². The maximum atomic E-state index is 12.9. The third-order valence-corrected chi connectivity index (χ3v) is 4.40. The Morgan fingerprint density at radius 1 is 1.21 bits per heavy atom. The zero-order chi connectivity index (χ0) is 19.6.